The van der Waals surface area contributed by atoms with E-state index in [4.69, 9.17) is 4.74 Å². The minimum atomic E-state index is -0.475. The minimum Gasteiger partial charge on any atom is -0.485 e. The first-order valence-electron chi connectivity index (χ1n) is 6.76. The Balaban J connectivity index is 2.00. The molecule has 104 valence electrons. The van der Waals surface area contributed by atoms with Crippen LogP contribution >= 0.6 is 15.9 Å². The maximum Gasteiger partial charge on any atom is 0.127 e. The lowest BCUT2D eigenvalue weighted by Crippen LogP contribution is -2.19. The minimum absolute atomic E-state index is 0.0910. The molecular formula is C17H17BrO2. The normalized spacial score (nSPS) is 21.2. The van der Waals surface area contributed by atoms with Gasteiger partial charge in [-0.2, -0.15) is 0 Å². The van der Waals surface area contributed by atoms with E-state index < -0.39 is 6.10 Å². The second kappa shape index (κ2) is 5.23. The summed E-state index contributed by atoms with van der Waals surface area (Å²) >= 11 is 3.45. The van der Waals surface area contributed by atoms with Gasteiger partial charge in [0.2, 0.25) is 0 Å². The molecule has 0 saturated heterocycles. The van der Waals surface area contributed by atoms with Crippen LogP contribution in [0.15, 0.2) is 40.9 Å². The first-order chi connectivity index (χ1) is 9.54. The molecule has 1 N–H and O–H groups in total. The van der Waals surface area contributed by atoms with Crippen molar-refractivity contribution in [1.29, 1.82) is 0 Å². The average molecular weight is 333 g/mol. The van der Waals surface area contributed by atoms with Crippen molar-refractivity contribution in [3.05, 3.63) is 63.1 Å². The summed E-state index contributed by atoms with van der Waals surface area (Å²) < 4.78 is 7.08. The Morgan fingerprint density at radius 2 is 1.90 bits per heavy atom. The molecule has 2 atom stereocenters. The number of hydrogen-bond donors (Lipinski definition) is 1. The van der Waals surface area contributed by atoms with E-state index in [0.717, 1.165) is 21.3 Å². The zero-order valence-electron chi connectivity index (χ0n) is 11.6. The van der Waals surface area contributed by atoms with Gasteiger partial charge in [0.1, 0.15) is 11.9 Å². The molecule has 3 rings (SSSR count). The molecule has 0 aromatic heterocycles. The van der Waals surface area contributed by atoms with E-state index in [1.807, 2.05) is 18.2 Å². The van der Waals surface area contributed by atoms with Gasteiger partial charge in [-0.05, 0) is 37.1 Å². The predicted octanol–water partition coefficient (Wildman–Crippen LogP) is 4.62. The Morgan fingerprint density at radius 3 is 2.70 bits per heavy atom. The highest BCUT2D eigenvalue weighted by atomic mass is 79.9. The van der Waals surface area contributed by atoms with Crippen LogP contribution in [0.2, 0.25) is 0 Å². The molecule has 0 bridgehead atoms. The van der Waals surface area contributed by atoms with Crippen molar-refractivity contribution < 1.29 is 9.84 Å². The van der Waals surface area contributed by atoms with Gasteiger partial charge in [-0.25, -0.2) is 0 Å². The summed E-state index contributed by atoms with van der Waals surface area (Å²) in [6.07, 6.45) is 0.0299. The summed E-state index contributed by atoms with van der Waals surface area (Å²) in [5.74, 6) is 0.768. The van der Waals surface area contributed by atoms with Crippen molar-refractivity contribution in [2.24, 2.45) is 0 Å². The van der Waals surface area contributed by atoms with Gasteiger partial charge >= 0.3 is 0 Å². The number of ether oxygens (including phenoxy) is 1. The fraction of sp³-hybridized carbons (Fsp3) is 0.294. The number of rotatable bonds is 1. The monoisotopic (exact) mass is 332 g/mol. The van der Waals surface area contributed by atoms with Crippen molar-refractivity contribution in [2.75, 3.05) is 0 Å². The highest BCUT2D eigenvalue weighted by molar-refractivity contribution is 9.10. The Hall–Kier alpha value is -1.32. The zero-order chi connectivity index (χ0) is 14.3. The predicted molar refractivity (Wildman–Crippen MR) is 83.0 cm³/mol. The Bertz CT molecular complexity index is 651. The number of aliphatic hydroxyl groups is 1. The fourth-order valence-electron chi connectivity index (χ4n) is 2.71. The van der Waals surface area contributed by atoms with Crippen LogP contribution in [0, 0.1) is 13.8 Å². The molecule has 0 radical (unpaired) electrons. The molecule has 1 heterocycles. The van der Waals surface area contributed by atoms with Crippen LogP contribution in [0.5, 0.6) is 5.75 Å². The summed E-state index contributed by atoms with van der Waals surface area (Å²) in [5.41, 5.74) is 4.44. The van der Waals surface area contributed by atoms with Crippen LogP contribution in [0.4, 0.5) is 0 Å². The van der Waals surface area contributed by atoms with Crippen LogP contribution < -0.4 is 4.74 Å². The second-order valence-corrected chi connectivity index (χ2v) is 6.32. The van der Waals surface area contributed by atoms with E-state index in [1.165, 1.54) is 11.1 Å². The van der Waals surface area contributed by atoms with Crippen LogP contribution in [0.3, 0.4) is 0 Å². The standard InChI is InChI=1S/C17H17BrO2/c1-10-3-4-11(2)14(7-10)17-9-15(19)13-6-5-12(18)8-16(13)20-17/h3-8,15,17,19H,9H2,1-2H3/t15-,17?/m0/s1. The highest BCUT2D eigenvalue weighted by Crippen LogP contribution is 2.42. The number of fused-ring (bicyclic) bond motifs is 1. The summed E-state index contributed by atoms with van der Waals surface area (Å²) in [7, 11) is 0. The first kappa shape index (κ1) is 13.7. The van der Waals surface area contributed by atoms with Crippen LogP contribution in [-0.2, 0) is 0 Å². The van der Waals surface area contributed by atoms with Crippen LogP contribution in [-0.4, -0.2) is 5.11 Å². The number of hydrogen-bond acceptors (Lipinski definition) is 2. The molecule has 0 saturated carbocycles. The lowest BCUT2D eigenvalue weighted by Gasteiger charge is -2.31. The number of halogens is 1. The molecular weight excluding hydrogens is 316 g/mol. The van der Waals surface area contributed by atoms with E-state index in [9.17, 15) is 5.11 Å². The van der Waals surface area contributed by atoms with Gasteiger partial charge < -0.3 is 9.84 Å². The molecule has 1 aliphatic heterocycles. The van der Waals surface area contributed by atoms with Gasteiger partial charge in [0, 0.05) is 16.5 Å². The third-order valence-corrected chi connectivity index (χ3v) is 4.32. The topological polar surface area (TPSA) is 29.5 Å². The number of benzene rings is 2. The average Bonchev–Trinajstić information content (AvgIpc) is 2.41. The molecule has 2 aromatic carbocycles. The SMILES string of the molecule is Cc1ccc(C)c(C2C[C@H](O)c3ccc(Br)cc3O2)c1. The van der Waals surface area contributed by atoms with Crippen molar-refractivity contribution in [2.45, 2.75) is 32.5 Å². The summed E-state index contributed by atoms with van der Waals surface area (Å²) in [4.78, 5) is 0. The van der Waals surface area contributed by atoms with Gasteiger partial charge in [0.25, 0.3) is 0 Å². The summed E-state index contributed by atoms with van der Waals surface area (Å²) in [6.45, 7) is 4.16. The molecule has 20 heavy (non-hydrogen) atoms. The van der Waals surface area contributed by atoms with Crippen molar-refractivity contribution >= 4 is 15.9 Å². The van der Waals surface area contributed by atoms with E-state index >= 15 is 0 Å². The quantitative estimate of drug-likeness (QED) is 0.825. The number of aliphatic hydroxyl groups excluding tert-OH is 1. The maximum absolute atomic E-state index is 10.3. The van der Waals surface area contributed by atoms with Gasteiger partial charge in [-0.3, -0.25) is 0 Å². The van der Waals surface area contributed by atoms with Crippen molar-refractivity contribution in [3.63, 3.8) is 0 Å². The van der Waals surface area contributed by atoms with Gasteiger partial charge in [0.15, 0.2) is 0 Å². The first-order valence-corrected chi connectivity index (χ1v) is 7.55. The third kappa shape index (κ3) is 2.48. The third-order valence-electron chi connectivity index (χ3n) is 3.82. The molecule has 3 heteroatoms. The molecule has 1 aliphatic rings. The molecule has 2 aromatic rings. The molecule has 1 unspecified atom stereocenters. The Morgan fingerprint density at radius 1 is 1.10 bits per heavy atom. The molecule has 2 nitrogen and oxygen atoms in total. The zero-order valence-corrected chi connectivity index (χ0v) is 13.1. The van der Waals surface area contributed by atoms with E-state index in [1.54, 1.807) is 0 Å². The lowest BCUT2D eigenvalue weighted by molar-refractivity contribution is 0.0654. The highest BCUT2D eigenvalue weighted by Gasteiger charge is 2.28. The smallest absolute Gasteiger partial charge is 0.127 e. The fourth-order valence-corrected chi connectivity index (χ4v) is 3.05. The molecule has 0 fully saturated rings. The summed E-state index contributed by atoms with van der Waals surface area (Å²) in [5, 5.41) is 10.3. The lowest BCUT2D eigenvalue weighted by atomic mass is 9.92. The van der Waals surface area contributed by atoms with E-state index in [-0.39, 0.29) is 6.10 Å². The van der Waals surface area contributed by atoms with Crippen LogP contribution in [0.25, 0.3) is 0 Å². The maximum atomic E-state index is 10.3. The Labute approximate surface area is 127 Å². The Kier molecular flexibility index (Phi) is 3.57. The second-order valence-electron chi connectivity index (χ2n) is 5.40. The van der Waals surface area contributed by atoms with Gasteiger partial charge in [0.05, 0.1) is 6.10 Å². The summed E-state index contributed by atoms with van der Waals surface area (Å²) in [6, 6.07) is 12.1. The van der Waals surface area contributed by atoms with Gasteiger partial charge in [-0.1, -0.05) is 45.8 Å². The number of aryl methyl sites for hydroxylation is 2. The van der Waals surface area contributed by atoms with E-state index in [0.29, 0.717) is 6.42 Å². The van der Waals surface area contributed by atoms with Crippen molar-refractivity contribution in [3.8, 4) is 5.75 Å². The molecule has 0 spiro atoms. The van der Waals surface area contributed by atoms with Crippen LogP contribution in [0.1, 0.15) is 40.9 Å². The van der Waals surface area contributed by atoms with E-state index in [2.05, 4.69) is 48.0 Å². The molecule has 0 aliphatic carbocycles. The van der Waals surface area contributed by atoms with Gasteiger partial charge in [-0.15, -0.1) is 0 Å². The molecule has 0 amide bonds. The largest absolute Gasteiger partial charge is 0.485 e. The van der Waals surface area contributed by atoms with Crippen molar-refractivity contribution in [1.82, 2.24) is 0 Å².